The van der Waals surface area contributed by atoms with Crippen LogP contribution in [0, 0.1) is 5.41 Å². The van der Waals surface area contributed by atoms with Crippen molar-refractivity contribution in [3.8, 4) is 0 Å². The van der Waals surface area contributed by atoms with Gasteiger partial charge in [-0.2, -0.15) is 0 Å². The van der Waals surface area contributed by atoms with Crippen LogP contribution in [-0.2, 0) is 28.8 Å². The highest BCUT2D eigenvalue weighted by Crippen LogP contribution is 2.43. The number of benzene rings is 2. The van der Waals surface area contributed by atoms with E-state index >= 15 is 0 Å². The molecule has 3 heterocycles. The summed E-state index contributed by atoms with van der Waals surface area (Å²) in [5.74, 6) is -1.55. The average molecular weight is 610 g/mol. The molecule has 2 saturated heterocycles. The molecule has 2 aromatic carbocycles. The minimum absolute atomic E-state index is 0.0622. The standard InChI is InChI=1S/C28H27N5O7S2/c1-39-32-20(19-12-41-27(30-19)29-16-35)23(36)31-21-24(37)33-13-28(14-34,15-42-25(21)33)26(38)40-22(17-8-4-2-5-9-17)18-10-6-3-7-11-18/h2-12,16,21-22,25,34H,13-15H2,1H3,(H,31,36)(H,29,30,35)/t21?,25-,28?/m1/s1. The lowest BCUT2D eigenvalue weighted by atomic mass is 9.87. The molecule has 3 N–H and O–H groups in total. The zero-order valence-electron chi connectivity index (χ0n) is 22.3. The topological polar surface area (TPSA) is 160 Å². The van der Waals surface area contributed by atoms with Gasteiger partial charge in [0.25, 0.3) is 5.91 Å². The number of amides is 3. The Hall–Kier alpha value is -4.27. The number of hydrogen-bond donors (Lipinski definition) is 3. The number of nitrogens with zero attached hydrogens (tertiary/aromatic N) is 3. The second-order valence-electron chi connectivity index (χ2n) is 9.59. The predicted molar refractivity (Wildman–Crippen MR) is 156 cm³/mol. The zero-order chi connectivity index (χ0) is 29.7. The minimum Gasteiger partial charge on any atom is -0.452 e. The van der Waals surface area contributed by atoms with Crippen molar-refractivity contribution in [2.75, 3.05) is 31.3 Å². The minimum atomic E-state index is -1.35. The number of oxime groups is 1. The first kappa shape index (κ1) is 29.2. The molecule has 1 aromatic heterocycles. The Morgan fingerprint density at radius 2 is 1.86 bits per heavy atom. The molecule has 2 aliphatic rings. The third-order valence-corrected chi connectivity index (χ3v) is 9.28. The molecule has 218 valence electrons. The first-order chi connectivity index (χ1) is 20.4. The van der Waals surface area contributed by atoms with Gasteiger partial charge in [0.15, 0.2) is 16.9 Å². The maximum absolute atomic E-state index is 13.7. The highest BCUT2D eigenvalue weighted by molar-refractivity contribution is 8.00. The van der Waals surface area contributed by atoms with Crippen molar-refractivity contribution < 1.29 is 33.9 Å². The number of ether oxygens (including phenoxy) is 1. The maximum Gasteiger partial charge on any atom is 0.318 e. The summed E-state index contributed by atoms with van der Waals surface area (Å²) in [5.41, 5.74) is 0.200. The molecular formula is C28H27N5O7S2. The van der Waals surface area contributed by atoms with Gasteiger partial charge in [0.05, 0.1) is 6.61 Å². The quantitative estimate of drug-likeness (QED) is 0.0968. The van der Waals surface area contributed by atoms with Crippen LogP contribution < -0.4 is 10.6 Å². The Morgan fingerprint density at radius 3 is 2.45 bits per heavy atom. The van der Waals surface area contributed by atoms with Gasteiger partial charge in [0.2, 0.25) is 12.3 Å². The number of rotatable bonds is 11. The summed E-state index contributed by atoms with van der Waals surface area (Å²) >= 11 is 2.37. The number of fused-ring (bicyclic) bond motifs is 1. The number of aliphatic hydroxyl groups excluding tert-OH is 1. The van der Waals surface area contributed by atoms with E-state index in [-0.39, 0.29) is 28.8 Å². The number of thiazole rings is 1. The summed E-state index contributed by atoms with van der Waals surface area (Å²) in [5, 5.41) is 20.6. The molecule has 42 heavy (non-hydrogen) atoms. The van der Waals surface area contributed by atoms with Crippen LogP contribution in [0.4, 0.5) is 5.13 Å². The Kier molecular flexibility index (Phi) is 8.85. The van der Waals surface area contributed by atoms with Crippen LogP contribution in [0.25, 0.3) is 0 Å². The van der Waals surface area contributed by atoms with Crippen molar-refractivity contribution in [1.29, 1.82) is 0 Å². The number of carbonyl (C=O) groups is 4. The first-order valence-corrected chi connectivity index (χ1v) is 14.8. The predicted octanol–water partition coefficient (Wildman–Crippen LogP) is 1.77. The first-order valence-electron chi connectivity index (χ1n) is 12.8. The van der Waals surface area contributed by atoms with Gasteiger partial charge in [0.1, 0.15) is 29.6 Å². The molecule has 14 heteroatoms. The molecule has 3 atom stereocenters. The third kappa shape index (κ3) is 5.73. The molecule has 3 amide bonds. The van der Waals surface area contributed by atoms with Crippen LogP contribution in [0.5, 0.6) is 0 Å². The van der Waals surface area contributed by atoms with Gasteiger partial charge in [-0.25, -0.2) is 4.98 Å². The Bertz CT molecular complexity index is 1450. The number of β-lactam (4-membered cyclic amide) rings is 1. The van der Waals surface area contributed by atoms with E-state index < -0.39 is 47.3 Å². The summed E-state index contributed by atoms with van der Waals surface area (Å²) < 4.78 is 6.03. The van der Waals surface area contributed by atoms with Crippen molar-refractivity contribution in [3.63, 3.8) is 0 Å². The van der Waals surface area contributed by atoms with E-state index in [2.05, 4.69) is 20.8 Å². The number of aromatic nitrogens is 1. The molecule has 2 unspecified atom stereocenters. The van der Waals surface area contributed by atoms with Gasteiger partial charge in [-0.1, -0.05) is 65.8 Å². The van der Waals surface area contributed by atoms with Crippen molar-refractivity contribution in [3.05, 3.63) is 82.9 Å². The molecule has 2 aliphatic heterocycles. The fraction of sp³-hybridized carbons (Fsp3) is 0.286. The maximum atomic E-state index is 13.7. The van der Waals surface area contributed by atoms with E-state index in [1.807, 2.05) is 60.7 Å². The highest BCUT2D eigenvalue weighted by atomic mass is 32.2. The second kappa shape index (κ2) is 12.7. The summed E-state index contributed by atoms with van der Waals surface area (Å²) in [6, 6.07) is 17.7. The van der Waals surface area contributed by atoms with E-state index in [9.17, 15) is 24.3 Å². The van der Waals surface area contributed by atoms with E-state index in [1.165, 1.54) is 29.2 Å². The number of anilines is 1. The van der Waals surface area contributed by atoms with E-state index in [4.69, 9.17) is 9.57 Å². The number of nitrogens with one attached hydrogen (secondary N) is 2. The number of thioether (sulfide) groups is 1. The monoisotopic (exact) mass is 609 g/mol. The zero-order valence-corrected chi connectivity index (χ0v) is 24.0. The summed E-state index contributed by atoms with van der Waals surface area (Å²) in [6.45, 7) is -0.582. The number of carbonyl (C=O) groups excluding carboxylic acids is 4. The average Bonchev–Trinajstić information content (AvgIpc) is 3.49. The summed E-state index contributed by atoms with van der Waals surface area (Å²) in [7, 11) is 1.27. The largest absolute Gasteiger partial charge is 0.452 e. The van der Waals surface area contributed by atoms with Crippen LogP contribution >= 0.6 is 23.1 Å². The van der Waals surface area contributed by atoms with Crippen LogP contribution in [0.15, 0.2) is 71.2 Å². The lowest BCUT2D eigenvalue weighted by Crippen LogP contribution is -2.74. The van der Waals surface area contributed by atoms with Gasteiger partial charge in [-0.3, -0.25) is 19.2 Å². The Labute approximate surface area is 249 Å². The SMILES string of the molecule is CON=C(C(=O)NC1C(=O)N2CC(CO)(C(=O)OC(c3ccccc3)c3ccccc3)CS[C@H]12)c1csc(NC=O)n1. The molecule has 3 aromatic rings. The Balaban J connectivity index is 1.28. The second-order valence-corrected chi connectivity index (χ2v) is 11.5. The van der Waals surface area contributed by atoms with E-state index in [0.717, 1.165) is 22.5 Å². The molecule has 0 radical (unpaired) electrons. The third-order valence-electron chi connectivity index (χ3n) is 6.92. The van der Waals surface area contributed by atoms with Crippen LogP contribution in [-0.4, -0.2) is 82.3 Å². The van der Waals surface area contributed by atoms with Crippen LogP contribution in [0.1, 0.15) is 22.9 Å². The molecule has 2 fully saturated rings. The van der Waals surface area contributed by atoms with Crippen molar-refractivity contribution in [2.45, 2.75) is 17.5 Å². The van der Waals surface area contributed by atoms with Crippen LogP contribution in [0.2, 0.25) is 0 Å². The van der Waals surface area contributed by atoms with Crippen LogP contribution in [0.3, 0.4) is 0 Å². The number of esters is 1. The molecule has 0 spiro atoms. The van der Waals surface area contributed by atoms with Gasteiger partial charge in [-0.15, -0.1) is 23.1 Å². The lowest BCUT2D eigenvalue weighted by Gasteiger charge is -2.53. The fourth-order valence-corrected chi connectivity index (χ4v) is 6.91. The summed E-state index contributed by atoms with van der Waals surface area (Å²) in [6.07, 6.45) is -0.236. The molecular weight excluding hydrogens is 582 g/mol. The van der Waals surface area contributed by atoms with E-state index in [1.54, 1.807) is 0 Å². The number of aliphatic hydroxyl groups is 1. The highest BCUT2D eigenvalue weighted by Gasteiger charge is 2.58. The van der Waals surface area contributed by atoms with Crippen molar-refractivity contribution in [1.82, 2.24) is 15.2 Å². The van der Waals surface area contributed by atoms with Gasteiger partial charge in [-0.05, 0) is 11.1 Å². The molecule has 0 aliphatic carbocycles. The molecule has 0 saturated carbocycles. The van der Waals surface area contributed by atoms with E-state index in [0.29, 0.717) is 6.41 Å². The van der Waals surface area contributed by atoms with Crippen molar-refractivity contribution >= 4 is 58.1 Å². The lowest BCUT2D eigenvalue weighted by molar-refractivity contribution is -0.168. The van der Waals surface area contributed by atoms with Crippen molar-refractivity contribution in [2.24, 2.45) is 10.6 Å². The molecule has 12 nitrogen and oxygen atoms in total. The molecule has 0 bridgehead atoms. The van der Waals surface area contributed by atoms with Gasteiger partial charge in [0, 0.05) is 17.7 Å². The normalized spacial score (nSPS) is 21.6. The fourth-order valence-electron chi connectivity index (χ4n) is 4.73. The molecule has 5 rings (SSSR count). The van der Waals surface area contributed by atoms with Gasteiger partial charge >= 0.3 is 5.97 Å². The smallest absolute Gasteiger partial charge is 0.318 e. The summed E-state index contributed by atoms with van der Waals surface area (Å²) in [4.78, 5) is 61.0. The number of hydrogen-bond acceptors (Lipinski definition) is 11. The Morgan fingerprint density at radius 1 is 1.19 bits per heavy atom. The van der Waals surface area contributed by atoms with Gasteiger partial charge < -0.3 is 30.2 Å².